The lowest BCUT2D eigenvalue weighted by molar-refractivity contribution is 0.449. The van der Waals surface area contributed by atoms with Crippen LogP contribution in [0.1, 0.15) is 31.9 Å². The zero-order valence-corrected chi connectivity index (χ0v) is 11.1. The molecule has 3 heteroatoms. The third-order valence-corrected chi connectivity index (χ3v) is 3.70. The van der Waals surface area contributed by atoms with Crippen LogP contribution in [0.4, 0.5) is 5.95 Å². The Balaban J connectivity index is 2.06. The molecule has 0 saturated carbocycles. The first-order valence-corrected chi connectivity index (χ1v) is 6.56. The van der Waals surface area contributed by atoms with Crippen LogP contribution in [0.2, 0.25) is 0 Å². The summed E-state index contributed by atoms with van der Waals surface area (Å²) in [6, 6.07) is 9.42. The number of imidazole rings is 1. The largest absolute Gasteiger partial charge is 0.353 e. The first-order valence-electron chi connectivity index (χ1n) is 6.56. The lowest BCUT2D eigenvalue weighted by Gasteiger charge is -2.27. The van der Waals surface area contributed by atoms with Crippen LogP contribution in [0.25, 0.3) is 11.3 Å². The van der Waals surface area contributed by atoms with Gasteiger partial charge in [0, 0.05) is 23.8 Å². The van der Waals surface area contributed by atoms with Gasteiger partial charge in [0.2, 0.25) is 5.95 Å². The van der Waals surface area contributed by atoms with Gasteiger partial charge in [0.1, 0.15) is 0 Å². The standard InChI is InChI=1S/C15H19N3/c1-10-6-4-5-7-13(10)14-9-18-12(3)8-11(2)16-15(18)17-14/h4-7,9,11-12H,8H2,1-3H3,(H,16,17). The Morgan fingerprint density at radius 3 is 2.83 bits per heavy atom. The zero-order chi connectivity index (χ0) is 12.7. The van der Waals surface area contributed by atoms with Crippen molar-refractivity contribution in [2.45, 2.75) is 39.3 Å². The Hall–Kier alpha value is -1.77. The molecular weight excluding hydrogens is 222 g/mol. The van der Waals surface area contributed by atoms with Crippen LogP contribution in [0.15, 0.2) is 30.5 Å². The average Bonchev–Trinajstić information content (AvgIpc) is 2.73. The second-order valence-corrected chi connectivity index (χ2v) is 5.30. The number of aryl methyl sites for hydroxylation is 1. The van der Waals surface area contributed by atoms with Crippen molar-refractivity contribution in [1.29, 1.82) is 0 Å². The van der Waals surface area contributed by atoms with Crippen molar-refractivity contribution in [2.24, 2.45) is 0 Å². The van der Waals surface area contributed by atoms with Crippen molar-refractivity contribution < 1.29 is 0 Å². The predicted octanol–water partition coefficient (Wildman–Crippen LogP) is 3.62. The highest BCUT2D eigenvalue weighted by atomic mass is 15.2. The van der Waals surface area contributed by atoms with E-state index in [2.05, 4.69) is 61.1 Å². The molecule has 2 atom stereocenters. The van der Waals surface area contributed by atoms with Crippen LogP contribution in [0, 0.1) is 6.92 Å². The number of fused-ring (bicyclic) bond motifs is 1. The summed E-state index contributed by atoms with van der Waals surface area (Å²) in [6.45, 7) is 6.60. The molecule has 0 aliphatic carbocycles. The van der Waals surface area contributed by atoms with Crippen LogP contribution in [0.3, 0.4) is 0 Å². The van der Waals surface area contributed by atoms with Gasteiger partial charge < -0.3 is 9.88 Å². The molecule has 0 amide bonds. The van der Waals surface area contributed by atoms with Crippen molar-refractivity contribution in [3.05, 3.63) is 36.0 Å². The quantitative estimate of drug-likeness (QED) is 0.826. The van der Waals surface area contributed by atoms with E-state index in [0.717, 1.165) is 18.1 Å². The summed E-state index contributed by atoms with van der Waals surface area (Å²) in [4.78, 5) is 4.73. The highest BCUT2D eigenvalue weighted by Crippen LogP contribution is 2.31. The molecule has 3 rings (SSSR count). The van der Waals surface area contributed by atoms with Gasteiger partial charge in [-0.1, -0.05) is 24.3 Å². The number of nitrogens with one attached hydrogen (secondary N) is 1. The Morgan fingerprint density at radius 2 is 2.06 bits per heavy atom. The molecule has 0 radical (unpaired) electrons. The zero-order valence-electron chi connectivity index (χ0n) is 11.1. The molecule has 0 fully saturated rings. The molecular formula is C15H19N3. The monoisotopic (exact) mass is 241 g/mol. The second-order valence-electron chi connectivity index (χ2n) is 5.30. The number of rotatable bonds is 1. The Bertz CT molecular complexity index is 571. The van der Waals surface area contributed by atoms with Gasteiger partial charge in [-0.3, -0.25) is 0 Å². The fraction of sp³-hybridized carbons (Fsp3) is 0.400. The average molecular weight is 241 g/mol. The molecule has 1 N–H and O–H groups in total. The molecule has 1 aliphatic rings. The third-order valence-electron chi connectivity index (χ3n) is 3.70. The van der Waals surface area contributed by atoms with E-state index in [-0.39, 0.29) is 0 Å². The van der Waals surface area contributed by atoms with Gasteiger partial charge in [-0.2, -0.15) is 0 Å². The molecule has 2 aromatic rings. The minimum atomic E-state index is 0.500. The summed E-state index contributed by atoms with van der Waals surface area (Å²) in [7, 11) is 0. The van der Waals surface area contributed by atoms with Gasteiger partial charge in [0.15, 0.2) is 0 Å². The van der Waals surface area contributed by atoms with Crippen LogP contribution in [-0.4, -0.2) is 15.6 Å². The van der Waals surface area contributed by atoms with Crippen molar-refractivity contribution in [1.82, 2.24) is 9.55 Å². The van der Waals surface area contributed by atoms with E-state index in [1.54, 1.807) is 0 Å². The predicted molar refractivity (Wildman–Crippen MR) is 74.8 cm³/mol. The van der Waals surface area contributed by atoms with Crippen molar-refractivity contribution in [3.63, 3.8) is 0 Å². The van der Waals surface area contributed by atoms with E-state index in [1.807, 2.05) is 0 Å². The maximum atomic E-state index is 4.73. The molecule has 1 aliphatic heterocycles. The van der Waals surface area contributed by atoms with Gasteiger partial charge in [-0.25, -0.2) is 4.98 Å². The van der Waals surface area contributed by atoms with E-state index < -0.39 is 0 Å². The summed E-state index contributed by atoms with van der Waals surface area (Å²) in [5.74, 6) is 1.000. The fourth-order valence-electron chi connectivity index (χ4n) is 2.73. The van der Waals surface area contributed by atoms with Gasteiger partial charge in [-0.15, -0.1) is 0 Å². The van der Waals surface area contributed by atoms with E-state index in [4.69, 9.17) is 4.98 Å². The Morgan fingerprint density at radius 1 is 1.28 bits per heavy atom. The molecule has 2 heterocycles. The summed E-state index contributed by atoms with van der Waals surface area (Å²) >= 11 is 0. The highest BCUT2D eigenvalue weighted by molar-refractivity contribution is 5.64. The number of benzene rings is 1. The third kappa shape index (κ3) is 1.80. The SMILES string of the molecule is Cc1ccccc1-c1cn2c(n1)NC(C)CC2C. The number of anilines is 1. The number of aromatic nitrogens is 2. The molecule has 3 nitrogen and oxygen atoms in total. The van der Waals surface area contributed by atoms with Crippen molar-refractivity contribution in [3.8, 4) is 11.3 Å². The molecule has 0 bridgehead atoms. The first-order chi connectivity index (χ1) is 8.65. The topological polar surface area (TPSA) is 29.9 Å². The normalized spacial score (nSPS) is 22.4. The summed E-state index contributed by atoms with van der Waals surface area (Å²) < 4.78 is 2.25. The van der Waals surface area contributed by atoms with Gasteiger partial charge in [0.05, 0.1) is 5.69 Å². The number of nitrogens with zero attached hydrogens (tertiary/aromatic N) is 2. The molecule has 18 heavy (non-hydrogen) atoms. The fourth-order valence-corrected chi connectivity index (χ4v) is 2.73. The van der Waals surface area contributed by atoms with E-state index in [9.17, 15) is 0 Å². The second kappa shape index (κ2) is 4.16. The smallest absolute Gasteiger partial charge is 0.203 e. The lowest BCUT2D eigenvalue weighted by Crippen LogP contribution is -2.28. The summed E-state index contributed by atoms with van der Waals surface area (Å²) in [5, 5.41) is 3.45. The van der Waals surface area contributed by atoms with E-state index >= 15 is 0 Å². The lowest BCUT2D eigenvalue weighted by atomic mass is 10.1. The van der Waals surface area contributed by atoms with E-state index in [0.29, 0.717) is 12.1 Å². The van der Waals surface area contributed by atoms with Gasteiger partial charge >= 0.3 is 0 Å². The van der Waals surface area contributed by atoms with Crippen LogP contribution in [0.5, 0.6) is 0 Å². The molecule has 1 aromatic heterocycles. The van der Waals surface area contributed by atoms with E-state index in [1.165, 1.54) is 11.1 Å². The molecule has 94 valence electrons. The maximum Gasteiger partial charge on any atom is 0.203 e. The Kier molecular flexibility index (Phi) is 2.62. The minimum absolute atomic E-state index is 0.500. The molecule has 0 saturated heterocycles. The maximum absolute atomic E-state index is 4.73. The molecule has 1 aromatic carbocycles. The minimum Gasteiger partial charge on any atom is -0.353 e. The molecule has 2 unspecified atom stereocenters. The summed E-state index contributed by atoms with van der Waals surface area (Å²) in [6.07, 6.45) is 3.32. The van der Waals surface area contributed by atoms with Gasteiger partial charge in [-0.05, 0) is 32.8 Å². The van der Waals surface area contributed by atoms with Crippen LogP contribution < -0.4 is 5.32 Å². The van der Waals surface area contributed by atoms with Crippen molar-refractivity contribution in [2.75, 3.05) is 5.32 Å². The highest BCUT2D eigenvalue weighted by Gasteiger charge is 2.22. The number of hydrogen-bond donors (Lipinski definition) is 1. The van der Waals surface area contributed by atoms with Gasteiger partial charge in [0.25, 0.3) is 0 Å². The van der Waals surface area contributed by atoms with Crippen LogP contribution in [-0.2, 0) is 0 Å². The summed E-state index contributed by atoms with van der Waals surface area (Å²) in [5.41, 5.74) is 3.56. The van der Waals surface area contributed by atoms with Crippen LogP contribution >= 0.6 is 0 Å². The Labute approximate surface area is 108 Å². The van der Waals surface area contributed by atoms with Crippen molar-refractivity contribution >= 4 is 5.95 Å². The first kappa shape index (κ1) is 11.3. The molecule has 0 spiro atoms. The number of hydrogen-bond acceptors (Lipinski definition) is 2.